The Morgan fingerprint density at radius 1 is 1.17 bits per heavy atom. The first-order chi connectivity index (χ1) is 11.5. The van der Waals surface area contributed by atoms with Gasteiger partial charge in [0, 0.05) is 13.1 Å². The first-order valence-corrected chi connectivity index (χ1v) is 9.17. The van der Waals surface area contributed by atoms with E-state index < -0.39 is 15.8 Å². The van der Waals surface area contributed by atoms with Gasteiger partial charge in [-0.25, -0.2) is 22.8 Å². The van der Waals surface area contributed by atoms with E-state index in [2.05, 4.69) is 9.97 Å². The average molecular weight is 372 g/mol. The van der Waals surface area contributed by atoms with Gasteiger partial charge in [0.2, 0.25) is 10.0 Å². The Bertz CT molecular complexity index is 809. The molecule has 0 atom stereocenters. The van der Waals surface area contributed by atoms with Crippen molar-refractivity contribution in [3.05, 3.63) is 47.5 Å². The van der Waals surface area contributed by atoms with Gasteiger partial charge >= 0.3 is 6.01 Å². The first kappa shape index (κ1) is 17.1. The molecule has 1 aromatic heterocycles. The Morgan fingerprint density at radius 3 is 2.42 bits per heavy atom. The smallest absolute Gasteiger partial charge is 0.316 e. The van der Waals surface area contributed by atoms with Gasteiger partial charge in [0.15, 0.2) is 0 Å². The van der Waals surface area contributed by atoms with Crippen molar-refractivity contribution in [3.63, 3.8) is 0 Å². The fourth-order valence-electron chi connectivity index (χ4n) is 2.49. The summed E-state index contributed by atoms with van der Waals surface area (Å²) in [6.45, 7) is 0.490. The van der Waals surface area contributed by atoms with E-state index in [1.165, 1.54) is 34.9 Å². The van der Waals surface area contributed by atoms with E-state index in [1.54, 1.807) is 0 Å². The lowest BCUT2D eigenvalue weighted by atomic mass is 10.1. The topological polar surface area (TPSA) is 72.4 Å². The number of nitrogens with zero attached hydrogens (tertiary/aromatic N) is 3. The van der Waals surface area contributed by atoms with Crippen LogP contribution in [-0.2, 0) is 10.0 Å². The highest BCUT2D eigenvalue weighted by atomic mass is 35.5. The summed E-state index contributed by atoms with van der Waals surface area (Å²) in [6.07, 6.45) is 3.61. The second kappa shape index (κ2) is 7.00. The van der Waals surface area contributed by atoms with Crippen molar-refractivity contribution in [3.8, 4) is 6.01 Å². The van der Waals surface area contributed by atoms with E-state index in [0.717, 1.165) is 6.07 Å². The molecule has 2 aromatic rings. The number of hydrogen-bond donors (Lipinski definition) is 0. The standard InChI is InChI=1S/C15H15ClFN3O3S/c16-11-9-18-15(19-10-11)23-12-5-7-20(8-6-12)24(21,22)14-4-2-1-3-13(14)17/h1-4,9-10,12H,5-8H2. The van der Waals surface area contributed by atoms with E-state index in [0.29, 0.717) is 17.9 Å². The molecule has 3 rings (SSSR count). The van der Waals surface area contributed by atoms with Crippen molar-refractivity contribution in [2.45, 2.75) is 23.8 Å². The van der Waals surface area contributed by atoms with Gasteiger partial charge in [0.05, 0.1) is 17.4 Å². The van der Waals surface area contributed by atoms with Gasteiger partial charge in [-0.2, -0.15) is 4.31 Å². The molecule has 0 saturated carbocycles. The minimum atomic E-state index is -3.84. The maximum absolute atomic E-state index is 13.8. The summed E-state index contributed by atoms with van der Waals surface area (Å²) in [5, 5.41) is 0.410. The number of hydrogen-bond acceptors (Lipinski definition) is 5. The summed E-state index contributed by atoms with van der Waals surface area (Å²) >= 11 is 5.71. The number of ether oxygens (including phenoxy) is 1. The number of aromatic nitrogens is 2. The van der Waals surface area contributed by atoms with Crippen molar-refractivity contribution in [1.29, 1.82) is 0 Å². The molecule has 0 amide bonds. The summed E-state index contributed by atoms with van der Waals surface area (Å²) in [4.78, 5) is 7.60. The first-order valence-electron chi connectivity index (χ1n) is 7.36. The Hall–Kier alpha value is -1.77. The highest BCUT2D eigenvalue weighted by Gasteiger charge is 2.32. The van der Waals surface area contributed by atoms with Gasteiger partial charge in [-0.15, -0.1) is 0 Å². The summed E-state index contributed by atoms with van der Waals surface area (Å²) in [6, 6.07) is 5.58. The SMILES string of the molecule is O=S(=O)(c1ccccc1F)N1CCC(Oc2ncc(Cl)cn2)CC1. The molecule has 1 aliphatic heterocycles. The molecule has 1 aliphatic rings. The molecule has 1 saturated heterocycles. The van der Waals surface area contributed by atoms with E-state index in [-0.39, 0.29) is 30.1 Å². The van der Waals surface area contributed by atoms with Crippen LogP contribution >= 0.6 is 11.6 Å². The third kappa shape index (κ3) is 3.66. The van der Waals surface area contributed by atoms with Crippen molar-refractivity contribution in [2.75, 3.05) is 13.1 Å². The maximum Gasteiger partial charge on any atom is 0.316 e. The molecular weight excluding hydrogens is 357 g/mol. The van der Waals surface area contributed by atoms with E-state index in [4.69, 9.17) is 16.3 Å². The zero-order valence-electron chi connectivity index (χ0n) is 12.6. The molecule has 0 unspecified atom stereocenters. The van der Waals surface area contributed by atoms with Crippen LogP contribution in [0.2, 0.25) is 5.02 Å². The zero-order chi connectivity index (χ0) is 17.2. The number of halogens is 2. The highest BCUT2D eigenvalue weighted by Crippen LogP contribution is 2.24. The van der Waals surface area contributed by atoms with Crippen LogP contribution in [0.4, 0.5) is 4.39 Å². The Labute approximate surface area is 144 Å². The highest BCUT2D eigenvalue weighted by molar-refractivity contribution is 7.89. The summed E-state index contributed by atoms with van der Waals surface area (Å²) in [5.74, 6) is -0.745. The third-order valence-electron chi connectivity index (χ3n) is 3.72. The maximum atomic E-state index is 13.8. The fraction of sp³-hybridized carbons (Fsp3) is 0.333. The Balaban J connectivity index is 1.64. The van der Waals surface area contributed by atoms with E-state index >= 15 is 0 Å². The minimum absolute atomic E-state index is 0.196. The number of benzene rings is 1. The molecule has 0 bridgehead atoms. The van der Waals surface area contributed by atoms with Crippen molar-refractivity contribution in [1.82, 2.24) is 14.3 Å². The lowest BCUT2D eigenvalue weighted by molar-refractivity contribution is 0.124. The summed E-state index contributed by atoms with van der Waals surface area (Å²) in [7, 11) is -3.84. The van der Waals surface area contributed by atoms with Crippen LogP contribution in [0, 0.1) is 5.82 Å². The monoisotopic (exact) mass is 371 g/mol. The zero-order valence-corrected chi connectivity index (χ0v) is 14.2. The molecule has 0 radical (unpaired) electrons. The largest absolute Gasteiger partial charge is 0.460 e. The molecule has 128 valence electrons. The normalized spacial score (nSPS) is 16.9. The molecule has 2 heterocycles. The van der Waals surface area contributed by atoms with E-state index in [1.807, 2.05) is 0 Å². The number of rotatable bonds is 4. The summed E-state index contributed by atoms with van der Waals surface area (Å²) in [5.41, 5.74) is 0. The molecule has 0 aliphatic carbocycles. The molecule has 0 spiro atoms. The van der Waals surface area contributed by atoms with Crippen LogP contribution in [-0.4, -0.2) is 41.9 Å². The predicted octanol–water partition coefficient (Wildman–Crippen LogP) is 2.50. The van der Waals surface area contributed by atoms with Crippen LogP contribution in [0.15, 0.2) is 41.6 Å². The van der Waals surface area contributed by atoms with Crippen molar-refractivity contribution in [2.24, 2.45) is 0 Å². The molecule has 24 heavy (non-hydrogen) atoms. The molecule has 1 fully saturated rings. The second-order valence-corrected chi connectivity index (χ2v) is 7.68. The van der Waals surface area contributed by atoms with E-state index in [9.17, 15) is 12.8 Å². The van der Waals surface area contributed by atoms with Crippen molar-refractivity contribution >= 4 is 21.6 Å². The summed E-state index contributed by atoms with van der Waals surface area (Å²) < 4.78 is 45.7. The predicted molar refractivity (Wildman–Crippen MR) is 85.9 cm³/mol. The third-order valence-corrected chi connectivity index (χ3v) is 5.85. The quantitative estimate of drug-likeness (QED) is 0.825. The molecule has 9 heteroatoms. The second-order valence-electron chi connectivity index (χ2n) is 5.34. The van der Waals surface area contributed by atoms with Crippen LogP contribution in [0.1, 0.15) is 12.8 Å². The lowest BCUT2D eigenvalue weighted by Crippen LogP contribution is -2.42. The average Bonchev–Trinajstić information content (AvgIpc) is 2.58. The van der Waals surface area contributed by atoms with Gasteiger partial charge < -0.3 is 4.74 Å². The fourth-order valence-corrected chi connectivity index (χ4v) is 4.13. The van der Waals surface area contributed by atoms with Gasteiger partial charge in [-0.1, -0.05) is 23.7 Å². The number of piperidine rings is 1. The van der Waals surface area contributed by atoms with Crippen LogP contribution in [0.25, 0.3) is 0 Å². The van der Waals surface area contributed by atoms with Gasteiger partial charge in [-0.05, 0) is 25.0 Å². The number of sulfonamides is 1. The molecule has 0 N–H and O–H groups in total. The Kier molecular flexibility index (Phi) is 4.98. The van der Waals surface area contributed by atoms with Crippen molar-refractivity contribution < 1.29 is 17.5 Å². The Morgan fingerprint density at radius 2 is 1.79 bits per heavy atom. The van der Waals surface area contributed by atoms with Gasteiger partial charge in [0.25, 0.3) is 0 Å². The molecule has 1 aromatic carbocycles. The van der Waals surface area contributed by atoms with Crippen LogP contribution in [0.5, 0.6) is 6.01 Å². The van der Waals surface area contributed by atoms with Gasteiger partial charge in [-0.3, -0.25) is 0 Å². The minimum Gasteiger partial charge on any atom is -0.460 e. The molecule has 6 nitrogen and oxygen atoms in total. The van der Waals surface area contributed by atoms with Gasteiger partial charge in [0.1, 0.15) is 16.8 Å². The lowest BCUT2D eigenvalue weighted by Gasteiger charge is -2.30. The van der Waals surface area contributed by atoms with Crippen LogP contribution < -0.4 is 4.74 Å². The van der Waals surface area contributed by atoms with Crippen LogP contribution in [0.3, 0.4) is 0 Å². The molecular formula is C15H15ClFN3O3S.